The first-order valence-corrected chi connectivity index (χ1v) is 8.52. The molecule has 23 heavy (non-hydrogen) atoms. The molecular weight excluding hydrogens is 336 g/mol. The molecule has 1 fully saturated rings. The minimum Gasteiger partial charge on any atom is -0.335 e. The second kappa shape index (κ2) is 6.82. The Morgan fingerprint density at radius 3 is 2.57 bits per heavy atom. The molecule has 0 atom stereocenters. The van der Waals surface area contributed by atoms with Crippen LogP contribution in [0.5, 0.6) is 0 Å². The van der Waals surface area contributed by atoms with Crippen LogP contribution < -0.4 is 5.56 Å². The summed E-state index contributed by atoms with van der Waals surface area (Å²) in [6.07, 6.45) is 0. The third-order valence-electron chi connectivity index (χ3n) is 3.85. The van der Waals surface area contributed by atoms with Gasteiger partial charge < -0.3 is 4.90 Å². The van der Waals surface area contributed by atoms with Crippen molar-refractivity contribution in [2.24, 2.45) is 7.05 Å². The fraction of sp³-hybridized carbons (Fsp3) is 0.400. The highest BCUT2D eigenvalue weighted by Gasteiger charge is 2.23. The smallest absolute Gasteiger partial charge is 0.274 e. The molecule has 1 aliphatic rings. The number of hydrogen-bond acceptors (Lipinski definition) is 5. The van der Waals surface area contributed by atoms with E-state index in [1.807, 2.05) is 12.1 Å². The molecule has 1 aliphatic heterocycles. The van der Waals surface area contributed by atoms with Crippen LogP contribution in [-0.4, -0.2) is 51.7 Å². The number of amides is 1. The average Bonchev–Trinajstić information content (AvgIpc) is 2.95. The lowest BCUT2D eigenvalue weighted by molar-refractivity contribution is 0.0621. The molecular formula is C15H17ClN4O2S. The van der Waals surface area contributed by atoms with Crippen molar-refractivity contribution in [3.63, 3.8) is 0 Å². The highest BCUT2D eigenvalue weighted by molar-refractivity contribution is 7.16. The summed E-state index contributed by atoms with van der Waals surface area (Å²) in [5.74, 6) is -0.126. The molecule has 0 aliphatic carbocycles. The van der Waals surface area contributed by atoms with Crippen molar-refractivity contribution >= 4 is 28.8 Å². The van der Waals surface area contributed by atoms with Gasteiger partial charge >= 0.3 is 0 Å². The number of aryl methyl sites for hydroxylation is 1. The lowest BCUT2D eigenvalue weighted by Crippen LogP contribution is -2.48. The van der Waals surface area contributed by atoms with E-state index in [0.717, 1.165) is 24.0 Å². The summed E-state index contributed by atoms with van der Waals surface area (Å²) in [4.78, 5) is 29.1. The van der Waals surface area contributed by atoms with E-state index in [9.17, 15) is 9.59 Å². The lowest BCUT2D eigenvalue weighted by atomic mass is 10.2. The highest BCUT2D eigenvalue weighted by Crippen LogP contribution is 2.23. The zero-order valence-corrected chi connectivity index (χ0v) is 14.3. The standard InChI is InChI=1S/C15H17ClN4O2S/c1-18-14(21)5-3-12(17-18)15(22)20-8-6-19(7-9-20)10-11-2-4-13(16)23-11/h2-5H,6-10H2,1H3. The number of piperazine rings is 1. The number of hydrogen-bond donors (Lipinski definition) is 0. The van der Waals surface area contributed by atoms with E-state index in [1.54, 1.807) is 23.3 Å². The minimum absolute atomic E-state index is 0.126. The molecule has 1 saturated heterocycles. The van der Waals surface area contributed by atoms with Crippen LogP contribution in [0.2, 0.25) is 4.34 Å². The first kappa shape index (κ1) is 16.2. The summed E-state index contributed by atoms with van der Waals surface area (Å²) >= 11 is 7.54. The second-order valence-electron chi connectivity index (χ2n) is 5.45. The Bertz CT molecular complexity index is 765. The normalized spacial score (nSPS) is 15.8. The predicted molar refractivity (Wildman–Crippen MR) is 90.0 cm³/mol. The number of carbonyl (C=O) groups excluding carboxylic acids is 1. The Balaban J connectivity index is 1.58. The largest absolute Gasteiger partial charge is 0.335 e. The first-order valence-electron chi connectivity index (χ1n) is 7.33. The molecule has 6 nitrogen and oxygen atoms in total. The molecule has 2 aromatic rings. The van der Waals surface area contributed by atoms with Crippen molar-refractivity contribution in [1.82, 2.24) is 19.6 Å². The fourth-order valence-electron chi connectivity index (χ4n) is 2.54. The number of carbonyl (C=O) groups is 1. The van der Waals surface area contributed by atoms with E-state index < -0.39 is 0 Å². The van der Waals surface area contributed by atoms with E-state index in [4.69, 9.17) is 11.6 Å². The molecule has 0 saturated carbocycles. The third kappa shape index (κ3) is 3.80. The van der Waals surface area contributed by atoms with Gasteiger partial charge in [0.25, 0.3) is 11.5 Å². The molecule has 2 aromatic heterocycles. The Morgan fingerprint density at radius 2 is 1.96 bits per heavy atom. The zero-order valence-electron chi connectivity index (χ0n) is 12.7. The van der Waals surface area contributed by atoms with Gasteiger partial charge in [0, 0.05) is 50.7 Å². The maximum atomic E-state index is 12.4. The quantitative estimate of drug-likeness (QED) is 0.839. The summed E-state index contributed by atoms with van der Waals surface area (Å²) in [6.45, 7) is 3.79. The summed E-state index contributed by atoms with van der Waals surface area (Å²) in [7, 11) is 1.54. The van der Waals surface area contributed by atoms with Crippen LogP contribution >= 0.6 is 22.9 Å². The Labute approximate surface area is 142 Å². The van der Waals surface area contributed by atoms with Crippen LogP contribution in [0.25, 0.3) is 0 Å². The molecule has 0 spiro atoms. The van der Waals surface area contributed by atoms with Gasteiger partial charge in [-0.15, -0.1) is 11.3 Å². The first-order chi connectivity index (χ1) is 11.0. The van der Waals surface area contributed by atoms with E-state index in [2.05, 4.69) is 10.00 Å². The van der Waals surface area contributed by atoms with Gasteiger partial charge in [-0.1, -0.05) is 11.6 Å². The zero-order chi connectivity index (χ0) is 16.4. The monoisotopic (exact) mass is 352 g/mol. The maximum Gasteiger partial charge on any atom is 0.274 e. The molecule has 0 N–H and O–H groups in total. The van der Waals surface area contributed by atoms with Crippen LogP contribution in [0.1, 0.15) is 15.4 Å². The minimum atomic E-state index is -0.221. The van der Waals surface area contributed by atoms with Crippen molar-refractivity contribution in [3.05, 3.63) is 49.5 Å². The van der Waals surface area contributed by atoms with Crippen LogP contribution in [0.3, 0.4) is 0 Å². The third-order valence-corrected chi connectivity index (χ3v) is 5.06. The SMILES string of the molecule is Cn1nc(C(=O)N2CCN(Cc3ccc(Cl)s3)CC2)ccc1=O. The summed E-state index contributed by atoms with van der Waals surface area (Å²) in [6, 6.07) is 6.81. The van der Waals surface area contributed by atoms with Crippen molar-refractivity contribution in [3.8, 4) is 0 Å². The molecule has 122 valence electrons. The molecule has 0 radical (unpaired) electrons. The molecule has 0 aromatic carbocycles. The number of thiophene rings is 1. The lowest BCUT2D eigenvalue weighted by Gasteiger charge is -2.34. The van der Waals surface area contributed by atoms with Crippen LogP contribution in [-0.2, 0) is 13.6 Å². The van der Waals surface area contributed by atoms with Gasteiger partial charge in [0.2, 0.25) is 0 Å². The summed E-state index contributed by atoms with van der Waals surface area (Å²) < 4.78 is 1.99. The fourth-order valence-corrected chi connectivity index (χ4v) is 3.67. The van der Waals surface area contributed by atoms with E-state index in [-0.39, 0.29) is 11.5 Å². The van der Waals surface area contributed by atoms with Gasteiger partial charge in [-0.2, -0.15) is 5.10 Å². The van der Waals surface area contributed by atoms with Gasteiger partial charge in [-0.25, -0.2) is 4.68 Å². The van der Waals surface area contributed by atoms with E-state index in [1.165, 1.54) is 21.7 Å². The van der Waals surface area contributed by atoms with Gasteiger partial charge in [0.15, 0.2) is 0 Å². The van der Waals surface area contributed by atoms with Crippen LogP contribution in [0, 0.1) is 0 Å². The maximum absolute atomic E-state index is 12.4. The summed E-state index contributed by atoms with van der Waals surface area (Å²) in [5, 5.41) is 4.02. The van der Waals surface area contributed by atoms with Gasteiger partial charge in [-0.05, 0) is 18.2 Å². The second-order valence-corrected chi connectivity index (χ2v) is 7.25. The molecule has 3 heterocycles. The van der Waals surface area contributed by atoms with E-state index in [0.29, 0.717) is 18.8 Å². The Hall–Kier alpha value is -1.70. The van der Waals surface area contributed by atoms with E-state index >= 15 is 0 Å². The van der Waals surface area contributed by atoms with Gasteiger partial charge in [0.05, 0.1) is 4.34 Å². The highest BCUT2D eigenvalue weighted by atomic mass is 35.5. The van der Waals surface area contributed by atoms with Crippen molar-refractivity contribution in [2.75, 3.05) is 26.2 Å². The molecule has 8 heteroatoms. The van der Waals surface area contributed by atoms with Crippen LogP contribution in [0.15, 0.2) is 29.1 Å². The number of nitrogens with zero attached hydrogens (tertiary/aromatic N) is 4. The van der Waals surface area contributed by atoms with Crippen molar-refractivity contribution in [1.29, 1.82) is 0 Å². The summed E-state index contributed by atoms with van der Waals surface area (Å²) in [5.41, 5.74) is 0.0894. The molecule has 0 bridgehead atoms. The Morgan fingerprint density at radius 1 is 1.22 bits per heavy atom. The van der Waals surface area contributed by atoms with Crippen molar-refractivity contribution in [2.45, 2.75) is 6.54 Å². The van der Waals surface area contributed by atoms with Crippen molar-refractivity contribution < 1.29 is 4.79 Å². The topological polar surface area (TPSA) is 58.4 Å². The molecule has 0 unspecified atom stereocenters. The van der Waals surface area contributed by atoms with Crippen LogP contribution in [0.4, 0.5) is 0 Å². The number of rotatable bonds is 3. The van der Waals surface area contributed by atoms with Gasteiger partial charge in [-0.3, -0.25) is 14.5 Å². The Kier molecular flexibility index (Phi) is 4.79. The number of halogens is 1. The average molecular weight is 353 g/mol. The number of aromatic nitrogens is 2. The molecule has 1 amide bonds. The van der Waals surface area contributed by atoms with Gasteiger partial charge in [0.1, 0.15) is 5.69 Å². The predicted octanol–water partition coefficient (Wildman–Crippen LogP) is 1.45. The molecule has 3 rings (SSSR count).